The Morgan fingerprint density at radius 2 is 1.63 bits per heavy atom. The first-order valence-corrected chi connectivity index (χ1v) is 10.9. The monoisotopic (exact) mass is 415 g/mol. The molecule has 2 aromatic carbocycles. The average molecular weight is 416 g/mol. The highest BCUT2D eigenvalue weighted by Crippen LogP contribution is 2.38. The molecule has 0 amide bonds. The molecular formula is C25H34FNO3. The van der Waals surface area contributed by atoms with Crippen LogP contribution in [-0.2, 0) is 0 Å². The van der Waals surface area contributed by atoms with Crippen molar-refractivity contribution in [2.75, 3.05) is 13.7 Å². The van der Waals surface area contributed by atoms with Crippen molar-refractivity contribution in [1.29, 1.82) is 0 Å². The van der Waals surface area contributed by atoms with Crippen LogP contribution >= 0.6 is 0 Å². The summed E-state index contributed by atoms with van der Waals surface area (Å²) >= 11 is 0. The van der Waals surface area contributed by atoms with E-state index in [1.54, 1.807) is 13.0 Å². The van der Waals surface area contributed by atoms with E-state index < -0.39 is 5.82 Å². The molecule has 2 fully saturated rings. The molecule has 2 bridgehead atoms. The first-order chi connectivity index (χ1) is 14.4. The van der Waals surface area contributed by atoms with Crippen LogP contribution in [0.3, 0.4) is 0 Å². The largest absolute Gasteiger partial charge is 0.505 e. The van der Waals surface area contributed by atoms with Crippen molar-refractivity contribution < 1.29 is 19.0 Å². The summed E-state index contributed by atoms with van der Waals surface area (Å²) in [5.74, 6) is 0.974. The normalized spacial score (nSPS) is 22.9. The van der Waals surface area contributed by atoms with Gasteiger partial charge in [0, 0.05) is 12.1 Å². The number of aromatic hydroxyl groups is 1. The summed E-state index contributed by atoms with van der Waals surface area (Å²) in [6, 6.07) is 11.9. The molecule has 1 unspecified atom stereocenters. The standard InChI is InChI=1S/C18H27NO2.C7H7FO/c1-4-9-20-18-10-13(2)5-8-17(18)21-16-11-14-6-7-15(12-16)19(14)3;1-5-2-3-6(8)7(9)4-5/h5,8,10,14-16H,4,6-7,9,11-12H2,1-3H3;2-4,9H,1H3/t14-,15+,16?;. The number of fused-ring (bicyclic) bond motifs is 2. The second-order valence-corrected chi connectivity index (χ2v) is 8.52. The minimum Gasteiger partial charge on any atom is -0.505 e. The van der Waals surface area contributed by atoms with Gasteiger partial charge in [-0.2, -0.15) is 0 Å². The molecule has 3 atom stereocenters. The molecule has 5 heteroatoms. The van der Waals surface area contributed by atoms with E-state index >= 15 is 0 Å². The smallest absolute Gasteiger partial charge is 0.164 e. The lowest BCUT2D eigenvalue weighted by Crippen LogP contribution is -2.43. The molecule has 30 heavy (non-hydrogen) atoms. The van der Waals surface area contributed by atoms with Gasteiger partial charge in [0.05, 0.1) is 6.61 Å². The highest BCUT2D eigenvalue weighted by Gasteiger charge is 2.39. The Balaban J connectivity index is 0.000000239. The summed E-state index contributed by atoms with van der Waals surface area (Å²) in [5.41, 5.74) is 2.07. The van der Waals surface area contributed by atoms with E-state index in [0.29, 0.717) is 18.2 Å². The van der Waals surface area contributed by atoms with Crippen LogP contribution in [0.25, 0.3) is 0 Å². The lowest BCUT2D eigenvalue weighted by atomic mass is 10.0. The maximum absolute atomic E-state index is 12.2. The highest BCUT2D eigenvalue weighted by molar-refractivity contribution is 5.42. The van der Waals surface area contributed by atoms with E-state index in [0.717, 1.165) is 42.9 Å². The zero-order chi connectivity index (χ0) is 21.7. The lowest BCUT2D eigenvalue weighted by Gasteiger charge is -2.36. The quantitative estimate of drug-likeness (QED) is 0.687. The summed E-state index contributed by atoms with van der Waals surface area (Å²) in [6.07, 6.45) is 6.31. The first-order valence-electron chi connectivity index (χ1n) is 10.9. The summed E-state index contributed by atoms with van der Waals surface area (Å²) < 4.78 is 24.4. The van der Waals surface area contributed by atoms with Crippen LogP contribution in [0.2, 0.25) is 0 Å². The van der Waals surface area contributed by atoms with Gasteiger partial charge in [-0.3, -0.25) is 0 Å². The molecule has 0 spiro atoms. The number of ether oxygens (including phenoxy) is 2. The van der Waals surface area contributed by atoms with E-state index in [-0.39, 0.29) is 5.75 Å². The minimum absolute atomic E-state index is 0.282. The minimum atomic E-state index is -0.569. The number of piperidine rings is 1. The van der Waals surface area contributed by atoms with Gasteiger partial charge in [-0.25, -0.2) is 4.39 Å². The molecule has 2 aromatic rings. The first kappa shape index (κ1) is 22.4. The Kier molecular flexibility index (Phi) is 7.59. The lowest BCUT2D eigenvalue weighted by molar-refractivity contribution is 0.0638. The van der Waals surface area contributed by atoms with Crippen molar-refractivity contribution in [2.24, 2.45) is 0 Å². The number of nitrogens with zero attached hydrogens (tertiary/aromatic N) is 1. The van der Waals surface area contributed by atoms with E-state index in [1.807, 2.05) is 0 Å². The summed E-state index contributed by atoms with van der Waals surface area (Å²) in [7, 11) is 2.26. The summed E-state index contributed by atoms with van der Waals surface area (Å²) in [4.78, 5) is 2.55. The fraction of sp³-hybridized carbons (Fsp3) is 0.520. The molecule has 4 nitrogen and oxygen atoms in total. The van der Waals surface area contributed by atoms with Crippen LogP contribution in [0.15, 0.2) is 36.4 Å². The zero-order valence-electron chi connectivity index (χ0n) is 18.5. The van der Waals surface area contributed by atoms with Crippen molar-refractivity contribution >= 4 is 0 Å². The SMILES string of the molecule is CCCOc1cc(C)ccc1OC1C[C@H]2CC[C@@H](C1)N2C.Cc1ccc(F)c(O)c1. The number of phenolic OH excluding ortho intramolecular Hbond substituents is 1. The van der Waals surface area contributed by atoms with Gasteiger partial charge in [0.1, 0.15) is 6.10 Å². The maximum Gasteiger partial charge on any atom is 0.164 e. The number of rotatable bonds is 5. The molecule has 4 rings (SSSR count). The van der Waals surface area contributed by atoms with Crippen molar-refractivity contribution in [3.05, 3.63) is 53.3 Å². The van der Waals surface area contributed by atoms with E-state index in [1.165, 1.54) is 30.5 Å². The third-order valence-corrected chi connectivity index (χ3v) is 6.01. The molecule has 0 aliphatic carbocycles. The van der Waals surface area contributed by atoms with Gasteiger partial charge in [-0.1, -0.05) is 19.1 Å². The highest BCUT2D eigenvalue weighted by atomic mass is 19.1. The van der Waals surface area contributed by atoms with Crippen LogP contribution in [-0.4, -0.2) is 41.8 Å². The second-order valence-electron chi connectivity index (χ2n) is 8.52. The Morgan fingerprint density at radius 1 is 1.00 bits per heavy atom. The van der Waals surface area contributed by atoms with Gasteiger partial charge in [0.25, 0.3) is 0 Å². The Hall–Kier alpha value is -2.27. The molecule has 2 heterocycles. The van der Waals surface area contributed by atoms with Crippen molar-refractivity contribution in [2.45, 2.75) is 71.1 Å². The van der Waals surface area contributed by atoms with Gasteiger partial charge in [-0.05, 0) is 88.4 Å². The molecule has 2 saturated heterocycles. The number of phenols is 1. The van der Waals surface area contributed by atoms with Crippen LogP contribution < -0.4 is 9.47 Å². The predicted molar refractivity (Wildman–Crippen MR) is 118 cm³/mol. The fourth-order valence-electron chi connectivity index (χ4n) is 4.30. The maximum atomic E-state index is 12.2. The van der Waals surface area contributed by atoms with E-state index in [2.05, 4.69) is 44.0 Å². The molecule has 2 aliphatic heterocycles. The number of aryl methyl sites for hydroxylation is 2. The molecule has 0 aromatic heterocycles. The van der Waals surface area contributed by atoms with Crippen molar-refractivity contribution in [1.82, 2.24) is 4.90 Å². The van der Waals surface area contributed by atoms with E-state index in [9.17, 15) is 4.39 Å². The van der Waals surface area contributed by atoms with E-state index in [4.69, 9.17) is 14.6 Å². The van der Waals surface area contributed by atoms with Crippen LogP contribution in [0.4, 0.5) is 4.39 Å². The van der Waals surface area contributed by atoms with Crippen molar-refractivity contribution in [3.8, 4) is 17.2 Å². The number of hydrogen-bond donors (Lipinski definition) is 1. The van der Waals surface area contributed by atoms with Gasteiger partial charge in [0.2, 0.25) is 0 Å². The van der Waals surface area contributed by atoms with Gasteiger partial charge < -0.3 is 19.5 Å². The third-order valence-electron chi connectivity index (χ3n) is 6.01. The molecule has 2 aliphatic rings. The molecular weight excluding hydrogens is 381 g/mol. The van der Waals surface area contributed by atoms with Crippen LogP contribution in [0.5, 0.6) is 17.2 Å². The Labute approximate surface area is 179 Å². The second kappa shape index (κ2) is 10.2. The van der Waals surface area contributed by atoms with Crippen molar-refractivity contribution in [3.63, 3.8) is 0 Å². The average Bonchev–Trinajstić information content (AvgIpc) is 2.92. The van der Waals surface area contributed by atoms with Gasteiger partial charge >= 0.3 is 0 Å². The summed E-state index contributed by atoms with van der Waals surface area (Å²) in [5, 5.41) is 8.73. The third kappa shape index (κ3) is 5.66. The molecule has 0 saturated carbocycles. The summed E-state index contributed by atoms with van der Waals surface area (Å²) in [6.45, 7) is 6.76. The molecule has 1 N–H and O–H groups in total. The molecule has 0 radical (unpaired) electrons. The number of halogens is 1. The Morgan fingerprint density at radius 3 is 2.23 bits per heavy atom. The van der Waals surface area contributed by atoms with Gasteiger partial charge in [0.15, 0.2) is 23.1 Å². The van der Waals surface area contributed by atoms with Crippen LogP contribution in [0.1, 0.15) is 50.2 Å². The zero-order valence-corrected chi connectivity index (χ0v) is 18.5. The predicted octanol–water partition coefficient (Wildman–Crippen LogP) is 5.63. The fourth-order valence-corrected chi connectivity index (χ4v) is 4.30. The number of benzene rings is 2. The van der Waals surface area contributed by atoms with Gasteiger partial charge in [-0.15, -0.1) is 0 Å². The van der Waals surface area contributed by atoms with Crippen LogP contribution in [0, 0.1) is 19.7 Å². The Bertz CT molecular complexity index is 827. The number of hydrogen-bond acceptors (Lipinski definition) is 4. The topological polar surface area (TPSA) is 41.9 Å². The molecule has 164 valence electrons.